The molecular formula is C8H5F3N4S2. The number of halogens is 3. The van der Waals surface area contributed by atoms with Gasteiger partial charge in [0.1, 0.15) is 6.33 Å². The Morgan fingerprint density at radius 1 is 1.47 bits per heavy atom. The van der Waals surface area contributed by atoms with Gasteiger partial charge in [-0.2, -0.15) is 13.2 Å². The van der Waals surface area contributed by atoms with Crippen LogP contribution in [0.4, 0.5) is 18.3 Å². The van der Waals surface area contributed by atoms with E-state index in [2.05, 4.69) is 15.3 Å². The molecule has 2 heterocycles. The Labute approximate surface area is 103 Å². The maximum absolute atomic E-state index is 12.3. The summed E-state index contributed by atoms with van der Waals surface area (Å²) in [7, 11) is 0. The predicted molar refractivity (Wildman–Crippen MR) is 61.0 cm³/mol. The Morgan fingerprint density at radius 3 is 2.76 bits per heavy atom. The minimum absolute atomic E-state index is 0.0935. The quantitative estimate of drug-likeness (QED) is 0.814. The fraction of sp³-hybridized carbons (Fsp3) is 0.125. The zero-order valence-electron chi connectivity index (χ0n) is 8.10. The zero-order chi connectivity index (χ0) is 12.5. The van der Waals surface area contributed by atoms with Crippen molar-refractivity contribution in [1.29, 1.82) is 0 Å². The first-order chi connectivity index (χ1) is 7.97. The van der Waals surface area contributed by atoms with Gasteiger partial charge < -0.3 is 5.32 Å². The normalized spacial score (nSPS) is 11.5. The molecule has 90 valence electrons. The third-order valence-electron chi connectivity index (χ3n) is 1.75. The molecule has 0 unspecified atom stereocenters. The van der Waals surface area contributed by atoms with Gasteiger partial charge in [0.05, 0.1) is 0 Å². The second-order valence-electron chi connectivity index (χ2n) is 2.94. The Hall–Kier alpha value is -1.48. The smallest absolute Gasteiger partial charge is 0.308 e. The average Bonchev–Trinajstić information content (AvgIpc) is 2.85. The largest absolute Gasteiger partial charge is 0.434 e. The van der Waals surface area contributed by atoms with Gasteiger partial charge in [0.25, 0.3) is 0 Å². The monoisotopic (exact) mass is 278 g/mol. The summed E-state index contributed by atoms with van der Waals surface area (Å²) in [6, 6.07) is 0. The minimum Gasteiger partial charge on any atom is -0.308 e. The van der Waals surface area contributed by atoms with Crippen molar-refractivity contribution in [3.05, 3.63) is 29.8 Å². The van der Waals surface area contributed by atoms with E-state index < -0.39 is 11.9 Å². The Morgan fingerprint density at radius 2 is 2.24 bits per heavy atom. The molecule has 1 N–H and O–H groups in total. The highest BCUT2D eigenvalue weighted by Crippen LogP contribution is 2.31. The van der Waals surface area contributed by atoms with Gasteiger partial charge in [-0.3, -0.25) is 4.57 Å². The highest BCUT2D eigenvalue weighted by molar-refractivity contribution is 7.80. The molecule has 2 rings (SSSR count). The van der Waals surface area contributed by atoms with Crippen molar-refractivity contribution in [1.82, 2.24) is 14.5 Å². The molecule has 0 bridgehead atoms. The average molecular weight is 278 g/mol. The molecule has 0 saturated carbocycles. The van der Waals surface area contributed by atoms with E-state index in [0.717, 1.165) is 16.7 Å². The first-order valence-electron chi connectivity index (χ1n) is 4.29. The summed E-state index contributed by atoms with van der Waals surface area (Å²) in [6.45, 7) is 0. The number of hydrogen-bond acceptors (Lipinski definition) is 4. The summed E-state index contributed by atoms with van der Waals surface area (Å²) in [6.07, 6.45) is 0.0885. The van der Waals surface area contributed by atoms with Crippen LogP contribution in [0.2, 0.25) is 0 Å². The second-order valence-corrected chi connectivity index (χ2v) is 4.18. The van der Waals surface area contributed by atoms with Crippen LogP contribution in [0.5, 0.6) is 0 Å². The maximum Gasteiger partial charge on any atom is 0.434 e. The van der Waals surface area contributed by atoms with E-state index in [-0.39, 0.29) is 10.2 Å². The molecule has 0 amide bonds. The third kappa shape index (κ3) is 2.80. The van der Waals surface area contributed by atoms with E-state index in [1.807, 2.05) is 0 Å². The summed E-state index contributed by atoms with van der Waals surface area (Å²) in [5.74, 6) is 0. The summed E-state index contributed by atoms with van der Waals surface area (Å²) < 4.78 is 38.3. The molecule has 0 fully saturated rings. The summed E-state index contributed by atoms with van der Waals surface area (Å²) in [5, 5.41) is 3.84. The van der Waals surface area contributed by atoms with Gasteiger partial charge in [0.2, 0.25) is 0 Å². The van der Waals surface area contributed by atoms with Crippen LogP contribution >= 0.6 is 23.6 Å². The van der Waals surface area contributed by atoms with Gasteiger partial charge in [0.15, 0.2) is 15.9 Å². The number of anilines is 1. The van der Waals surface area contributed by atoms with Crippen molar-refractivity contribution in [2.75, 3.05) is 5.32 Å². The molecule has 4 nitrogen and oxygen atoms in total. The van der Waals surface area contributed by atoms with Crippen molar-refractivity contribution >= 4 is 33.8 Å². The second kappa shape index (κ2) is 4.41. The van der Waals surface area contributed by atoms with Crippen LogP contribution in [-0.2, 0) is 6.18 Å². The number of nitrogens with zero attached hydrogens (tertiary/aromatic N) is 3. The molecule has 0 aliphatic carbocycles. The molecule has 0 atom stereocenters. The lowest BCUT2D eigenvalue weighted by atomic mass is 10.5. The number of nitrogens with one attached hydrogen (secondary N) is 1. The Balaban J connectivity index is 2.10. The molecule has 17 heavy (non-hydrogen) atoms. The van der Waals surface area contributed by atoms with Crippen molar-refractivity contribution in [2.24, 2.45) is 0 Å². The maximum atomic E-state index is 12.3. The van der Waals surface area contributed by atoms with Crippen LogP contribution in [0.15, 0.2) is 24.1 Å². The standard InChI is InChI=1S/C8H5F3N4S2/c9-8(10,11)5-3-17-6(13-5)14-7(16)15-2-1-12-4-15/h1-4H,(H,13,14,16). The first-order valence-corrected chi connectivity index (χ1v) is 5.57. The number of thiocarbonyl (C=S) groups is 1. The number of aromatic nitrogens is 3. The van der Waals surface area contributed by atoms with E-state index in [1.54, 1.807) is 6.20 Å². The first kappa shape index (κ1) is 12.0. The molecule has 0 aliphatic heterocycles. The number of thiazole rings is 1. The molecular weight excluding hydrogens is 273 g/mol. The van der Waals surface area contributed by atoms with Crippen molar-refractivity contribution in [2.45, 2.75) is 6.18 Å². The molecule has 0 aromatic carbocycles. The molecule has 0 aliphatic rings. The highest BCUT2D eigenvalue weighted by atomic mass is 32.1. The topological polar surface area (TPSA) is 42.7 Å². The number of hydrogen-bond donors (Lipinski definition) is 1. The summed E-state index contributed by atoms with van der Waals surface area (Å²) >= 11 is 5.79. The van der Waals surface area contributed by atoms with Crippen molar-refractivity contribution in [3.63, 3.8) is 0 Å². The SMILES string of the molecule is FC(F)(F)c1csc(NC(=S)n2ccnc2)n1. The lowest BCUT2D eigenvalue weighted by Crippen LogP contribution is -2.17. The molecule has 0 radical (unpaired) electrons. The van der Waals surface area contributed by atoms with E-state index in [1.165, 1.54) is 17.1 Å². The van der Waals surface area contributed by atoms with Crippen molar-refractivity contribution < 1.29 is 13.2 Å². The predicted octanol–water partition coefficient (Wildman–Crippen LogP) is 2.60. The van der Waals surface area contributed by atoms with E-state index in [0.29, 0.717) is 0 Å². The van der Waals surface area contributed by atoms with Crippen LogP contribution in [0.25, 0.3) is 0 Å². The van der Waals surface area contributed by atoms with Gasteiger partial charge in [-0.1, -0.05) is 0 Å². The fourth-order valence-corrected chi connectivity index (χ4v) is 1.98. The molecule has 2 aromatic heterocycles. The Bertz CT molecular complexity index is 517. The number of alkyl halides is 3. The molecule has 2 aromatic rings. The lowest BCUT2D eigenvalue weighted by Gasteiger charge is -2.04. The van der Waals surface area contributed by atoms with Gasteiger partial charge in [0, 0.05) is 17.8 Å². The molecule has 9 heteroatoms. The number of imidazole rings is 1. The lowest BCUT2D eigenvalue weighted by molar-refractivity contribution is -0.140. The van der Waals surface area contributed by atoms with E-state index in [9.17, 15) is 13.2 Å². The highest BCUT2D eigenvalue weighted by Gasteiger charge is 2.33. The number of rotatable bonds is 1. The Kier molecular flexibility index (Phi) is 3.11. The fourth-order valence-electron chi connectivity index (χ4n) is 0.997. The van der Waals surface area contributed by atoms with Crippen LogP contribution in [0, 0.1) is 0 Å². The third-order valence-corrected chi connectivity index (χ3v) is 2.82. The van der Waals surface area contributed by atoms with Gasteiger partial charge >= 0.3 is 6.18 Å². The molecule has 0 saturated heterocycles. The van der Waals surface area contributed by atoms with E-state index in [4.69, 9.17) is 12.2 Å². The zero-order valence-corrected chi connectivity index (χ0v) is 9.73. The van der Waals surface area contributed by atoms with Crippen LogP contribution in [-0.4, -0.2) is 19.6 Å². The minimum atomic E-state index is -4.44. The molecule has 0 spiro atoms. The van der Waals surface area contributed by atoms with Crippen molar-refractivity contribution in [3.8, 4) is 0 Å². The van der Waals surface area contributed by atoms with Gasteiger partial charge in [-0.05, 0) is 12.2 Å². The van der Waals surface area contributed by atoms with Crippen LogP contribution in [0.1, 0.15) is 5.69 Å². The van der Waals surface area contributed by atoms with Crippen LogP contribution in [0.3, 0.4) is 0 Å². The summed E-state index contributed by atoms with van der Waals surface area (Å²) in [5.41, 5.74) is -0.932. The van der Waals surface area contributed by atoms with E-state index >= 15 is 0 Å². The van der Waals surface area contributed by atoms with Gasteiger partial charge in [-0.15, -0.1) is 11.3 Å². The summed E-state index contributed by atoms with van der Waals surface area (Å²) in [4.78, 5) is 7.16. The van der Waals surface area contributed by atoms with Crippen LogP contribution < -0.4 is 5.32 Å². The van der Waals surface area contributed by atoms with Gasteiger partial charge in [-0.25, -0.2) is 9.97 Å².